The zero-order valence-electron chi connectivity index (χ0n) is 15.4. The number of nitrogens with zero attached hydrogens (tertiary/aromatic N) is 6. The Balaban J connectivity index is 1.55. The highest BCUT2D eigenvalue weighted by Gasteiger charge is 2.19. The van der Waals surface area contributed by atoms with Crippen molar-refractivity contribution in [3.8, 4) is 0 Å². The van der Waals surface area contributed by atoms with Crippen LogP contribution in [0.15, 0.2) is 35.6 Å². The molecule has 0 amide bonds. The maximum absolute atomic E-state index is 5.96. The molecule has 8 heteroatoms. The normalized spacial score (nSPS) is 16.1. The molecule has 2 heterocycles. The van der Waals surface area contributed by atoms with Crippen molar-refractivity contribution in [1.29, 1.82) is 0 Å². The molecule has 26 heavy (non-hydrogen) atoms. The van der Waals surface area contributed by atoms with Crippen molar-refractivity contribution in [2.24, 2.45) is 12.0 Å². The molecule has 0 aliphatic carbocycles. The predicted octanol–water partition coefficient (Wildman–Crippen LogP) is 1.75. The summed E-state index contributed by atoms with van der Waals surface area (Å²) in [7, 11) is 1.89. The summed E-state index contributed by atoms with van der Waals surface area (Å²) in [6, 6.07) is 8.10. The molecule has 2 aromatic rings. The van der Waals surface area contributed by atoms with Crippen LogP contribution in [0.3, 0.4) is 0 Å². The van der Waals surface area contributed by atoms with Crippen molar-refractivity contribution in [2.75, 3.05) is 32.7 Å². The second kappa shape index (κ2) is 9.00. The van der Waals surface area contributed by atoms with E-state index >= 15 is 0 Å². The highest BCUT2D eigenvalue weighted by Crippen LogP contribution is 2.13. The van der Waals surface area contributed by atoms with Gasteiger partial charge in [0.25, 0.3) is 0 Å². The van der Waals surface area contributed by atoms with E-state index < -0.39 is 0 Å². The monoisotopic (exact) mass is 375 g/mol. The Morgan fingerprint density at radius 1 is 1.19 bits per heavy atom. The van der Waals surface area contributed by atoms with Crippen LogP contribution in [0.2, 0.25) is 5.02 Å². The first-order valence-corrected chi connectivity index (χ1v) is 9.36. The molecule has 3 rings (SSSR count). The van der Waals surface area contributed by atoms with E-state index in [1.54, 1.807) is 11.0 Å². The fourth-order valence-corrected chi connectivity index (χ4v) is 3.13. The van der Waals surface area contributed by atoms with E-state index in [0.717, 1.165) is 56.1 Å². The molecule has 0 bridgehead atoms. The smallest absolute Gasteiger partial charge is 0.194 e. The first-order chi connectivity index (χ1) is 12.7. The molecule has 0 radical (unpaired) electrons. The fourth-order valence-electron chi connectivity index (χ4n) is 3.00. The summed E-state index contributed by atoms with van der Waals surface area (Å²) < 4.78 is 1.76. The molecule has 7 nitrogen and oxygen atoms in total. The number of guanidine groups is 1. The van der Waals surface area contributed by atoms with E-state index in [1.165, 1.54) is 5.56 Å². The van der Waals surface area contributed by atoms with Gasteiger partial charge in [-0.15, -0.1) is 0 Å². The molecule has 140 valence electrons. The van der Waals surface area contributed by atoms with Gasteiger partial charge in [-0.3, -0.25) is 9.58 Å². The van der Waals surface area contributed by atoms with Crippen LogP contribution in [0.25, 0.3) is 0 Å². The van der Waals surface area contributed by atoms with Crippen molar-refractivity contribution in [3.05, 3.63) is 47.0 Å². The minimum atomic E-state index is 0.532. The average Bonchev–Trinajstić information content (AvgIpc) is 3.06. The molecule has 0 spiro atoms. The Morgan fingerprint density at radius 2 is 1.92 bits per heavy atom. The lowest BCUT2D eigenvalue weighted by molar-refractivity contribution is 0.172. The van der Waals surface area contributed by atoms with Crippen molar-refractivity contribution in [2.45, 2.75) is 20.0 Å². The second-order valence-corrected chi connectivity index (χ2v) is 6.80. The largest absolute Gasteiger partial charge is 0.357 e. The highest BCUT2D eigenvalue weighted by molar-refractivity contribution is 6.30. The Morgan fingerprint density at radius 3 is 2.54 bits per heavy atom. The number of rotatable bonds is 5. The highest BCUT2D eigenvalue weighted by atomic mass is 35.5. The molecule has 0 saturated carbocycles. The van der Waals surface area contributed by atoms with Crippen molar-refractivity contribution >= 4 is 17.6 Å². The van der Waals surface area contributed by atoms with Crippen LogP contribution in [0.5, 0.6) is 0 Å². The molecule has 1 N–H and O–H groups in total. The van der Waals surface area contributed by atoms with Crippen molar-refractivity contribution < 1.29 is 0 Å². The summed E-state index contributed by atoms with van der Waals surface area (Å²) in [4.78, 5) is 13.8. The summed E-state index contributed by atoms with van der Waals surface area (Å²) in [6.07, 6.45) is 1.56. The molecule has 1 saturated heterocycles. The van der Waals surface area contributed by atoms with E-state index in [1.807, 2.05) is 19.2 Å². The number of benzene rings is 1. The van der Waals surface area contributed by atoms with Crippen LogP contribution < -0.4 is 5.32 Å². The fraction of sp³-hybridized carbons (Fsp3) is 0.500. The number of aryl methyl sites for hydroxylation is 1. The Kier molecular flexibility index (Phi) is 6.46. The number of piperazine rings is 1. The van der Waals surface area contributed by atoms with Gasteiger partial charge in [0.15, 0.2) is 5.96 Å². The van der Waals surface area contributed by atoms with Crippen LogP contribution in [0.1, 0.15) is 18.3 Å². The zero-order chi connectivity index (χ0) is 18.4. The van der Waals surface area contributed by atoms with Crippen LogP contribution in [0, 0.1) is 0 Å². The third-order valence-corrected chi connectivity index (χ3v) is 4.75. The Labute approximate surface area is 159 Å². The molecule has 0 atom stereocenters. The third kappa shape index (κ3) is 4.95. The first kappa shape index (κ1) is 18.7. The second-order valence-electron chi connectivity index (χ2n) is 6.36. The Hall–Kier alpha value is -2.12. The molecule has 1 aromatic carbocycles. The average molecular weight is 376 g/mol. The summed E-state index contributed by atoms with van der Waals surface area (Å²) in [5, 5.41) is 8.27. The van der Waals surface area contributed by atoms with Gasteiger partial charge in [0.1, 0.15) is 18.7 Å². The topological polar surface area (TPSA) is 61.6 Å². The minimum absolute atomic E-state index is 0.532. The summed E-state index contributed by atoms with van der Waals surface area (Å²) >= 11 is 5.96. The first-order valence-electron chi connectivity index (χ1n) is 8.98. The van der Waals surface area contributed by atoms with E-state index in [-0.39, 0.29) is 0 Å². The quantitative estimate of drug-likeness (QED) is 0.637. The lowest BCUT2D eigenvalue weighted by Gasteiger charge is -2.36. The molecule has 1 aromatic heterocycles. The van der Waals surface area contributed by atoms with Crippen LogP contribution >= 0.6 is 11.6 Å². The number of aromatic nitrogens is 3. The maximum Gasteiger partial charge on any atom is 0.194 e. The summed E-state index contributed by atoms with van der Waals surface area (Å²) in [5.41, 5.74) is 1.30. The number of halogens is 1. The number of nitrogens with one attached hydrogen (secondary N) is 1. The summed E-state index contributed by atoms with van der Waals surface area (Å²) in [5.74, 6) is 1.81. The number of hydrogen-bond acceptors (Lipinski definition) is 4. The van der Waals surface area contributed by atoms with Gasteiger partial charge in [0.2, 0.25) is 0 Å². The standard InChI is InChI=1S/C18H26ClN7/c1-3-20-18(21-12-17-22-14-23-24(17)2)26-10-8-25(9-11-26)13-15-4-6-16(19)7-5-15/h4-7,14H,3,8-13H2,1-2H3,(H,20,21). The molecule has 1 fully saturated rings. The maximum atomic E-state index is 5.96. The van der Waals surface area contributed by atoms with Gasteiger partial charge in [-0.2, -0.15) is 5.10 Å². The van der Waals surface area contributed by atoms with Crippen LogP contribution in [0.4, 0.5) is 0 Å². The third-order valence-electron chi connectivity index (χ3n) is 4.50. The van der Waals surface area contributed by atoms with E-state index in [4.69, 9.17) is 16.6 Å². The molecule has 1 aliphatic rings. The van der Waals surface area contributed by atoms with Gasteiger partial charge in [0, 0.05) is 51.3 Å². The lowest BCUT2D eigenvalue weighted by Crippen LogP contribution is -2.52. The molecular formula is C18H26ClN7. The number of aliphatic imine (C=N–C) groups is 1. The molecule has 1 aliphatic heterocycles. The van der Waals surface area contributed by atoms with E-state index in [0.29, 0.717) is 6.54 Å². The minimum Gasteiger partial charge on any atom is -0.357 e. The van der Waals surface area contributed by atoms with Gasteiger partial charge >= 0.3 is 0 Å². The van der Waals surface area contributed by atoms with Gasteiger partial charge < -0.3 is 10.2 Å². The van der Waals surface area contributed by atoms with Gasteiger partial charge in [-0.25, -0.2) is 9.98 Å². The van der Waals surface area contributed by atoms with Crippen molar-refractivity contribution in [3.63, 3.8) is 0 Å². The Bertz CT molecular complexity index is 717. The molecule has 0 unspecified atom stereocenters. The van der Waals surface area contributed by atoms with E-state index in [9.17, 15) is 0 Å². The molecular weight excluding hydrogens is 350 g/mol. The van der Waals surface area contributed by atoms with Gasteiger partial charge in [-0.1, -0.05) is 23.7 Å². The van der Waals surface area contributed by atoms with Crippen LogP contribution in [-0.4, -0.2) is 63.2 Å². The number of hydrogen-bond donors (Lipinski definition) is 1. The van der Waals surface area contributed by atoms with Gasteiger partial charge in [-0.05, 0) is 24.6 Å². The lowest BCUT2D eigenvalue weighted by atomic mass is 10.2. The van der Waals surface area contributed by atoms with Crippen molar-refractivity contribution in [1.82, 2.24) is 29.9 Å². The SMILES string of the molecule is CCNC(=NCc1ncnn1C)N1CCN(Cc2ccc(Cl)cc2)CC1. The summed E-state index contributed by atoms with van der Waals surface area (Å²) in [6.45, 7) is 8.36. The zero-order valence-corrected chi connectivity index (χ0v) is 16.2. The van der Waals surface area contributed by atoms with Crippen LogP contribution in [-0.2, 0) is 20.1 Å². The van der Waals surface area contributed by atoms with E-state index in [2.05, 4.69) is 44.3 Å². The van der Waals surface area contributed by atoms with Gasteiger partial charge in [0.05, 0.1) is 0 Å². The predicted molar refractivity (Wildman–Crippen MR) is 104 cm³/mol.